The standard InChI is InChI=1S/C23H29FN2O2/c24-20-6-4-18(5-7-20)17-26-13-8-19(9-14-26)23(10-15-28-16-11-23)22(27)21-3-1-2-12-25-21/h1-7,12,19,22,27H,8-11,13-17H2. The fraction of sp³-hybridized carbons (Fsp3) is 0.522. The summed E-state index contributed by atoms with van der Waals surface area (Å²) in [5.41, 5.74) is 1.77. The normalized spacial score (nSPS) is 22.1. The Morgan fingerprint density at radius 2 is 1.82 bits per heavy atom. The SMILES string of the molecule is OC(c1ccccn1)C1(C2CCN(Cc3ccc(F)cc3)CC2)CCOCC1. The molecule has 0 amide bonds. The number of aliphatic hydroxyl groups is 1. The van der Waals surface area contributed by atoms with E-state index >= 15 is 0 Å². The molecule has 4 nitrogen and oxygen atoms in total. The first-order valence-corrected chi connectivity index (χ1v) is 10.3. The number of nitrogens with zero attached hydrogens (tertiary/aromatic N) is 2. The molecule has 0 bridgehead atoms. The fourth-order valence-corrected chi connectivity index (χ4v) is 5.00. The molecule has 2 aliphatic heterocycles. The maximum absolute atomic E-state index is 13.1. The predicted octanol–water partition coefficient (Wildman–Crippen LogP) is 3.96. The van der Waals surface area contributed by atoms with E-state index in [1.165, 1.54) is 12.1 Å². The molecule has 1 aromatic heterocycles. The molecule has 2 saturated heterocycles. The Morgan fingerprint density at radius 1 is 1.11 bits per heavy atom. The Labute approximate surface area is 166 Å². The summed E-state index contributed by atoms with van der Waals surface area (Å²) in [6, 6.07) is 12.6. The summed E-state index contributed by atoms with van der Waals surface area (Å²) in [6.07, 6.45) is 5.10. The summed E-state index contributed by atoms with van der Waals surface area (Å²) < 4.78 is 18.8. The molecular formula is C23H29FN2O2. The van der Waals surface area contributed by atoms with E-state index in [0.717, 1.165) is 56.6 Å². The van der Waals surface area contributed by atoms with Gasteiger partial charge in [0, 0.05) is 31.4 Å². The molecule has 1 N–H and O–H groups in total. The van der Waals surface area contributed by atoms with Gasteiger partial charge in [-0.3, -0.25) is 9.88 Å². The van der Waals surface area contributed by atoms with Gasteiger partial charge in [0.15, 0.2) is 0 Å². The highest BCUT2D eigenvalue weighted by Crippen LogP contribution is 2.51. The molecule has 1 atom stereocenters. The molecule has 2 aliphatic rings. The zero-order valence-corrected chi connectivity index (χ0v) is 16.3. The van der Waals surface area contributed by atoms with Crippen LogP contribution in [-0.2, 0) is 11.3 Å². The number of hydrogen-bond acceptors (Lipinski definition) is 4. The third-order valence-electron chi connectivity index (χ3n) is 6.66. The van der Waals surface area contributed by atoms with E-state index in [1.807, 2.05) is 30.3 Å². The van der Waals surface area contributed by atoms with Crippen molar-refractivity contribution < 1.29 is 14.2 Å². The van der Waals surface area contributed by atoms with Crippen molar-refractivity contribution in [2.45, 2.75) is 38.3 Å². The minimum atomic E-state index is -0.550. The van der Waals surface area contributed by atoms with Gasteiger partial charge in [-0.25, -0.2) is 4.39 Å². The van der Waals surface area contributed by atoms with Crippen LogP contribution in [0.4, 0.5) is 4.39 Å². The van der Waals surface area contributed by atoms with Crippen molar-refractivity contribution in [2.24, 2.45) is 11.3 Å². The molecule has 0 aliphatic carbocycles. The van der Waals surface area contributed by atoms with Gasteiger partial charge in [-0.2, -0.15) is 0 Å². The second-order valence-electron chi connectivity index (χ2n) is 8.18. The number of rotatable bonds is 5. The second-order valence-corrected chi connectivity index (χ2v) is 8.18. The predicted molar refractivity (Wildman–Crippen MR) is 106 cm³/mol. The maximum Gasteiger partial charge on any atom is 0.123 e. The van der Waals surface area contributed by atoms with E-state index in [-0.39, 0.29) is 11.2 Å². The van der Waals surface area contributed by atoms with Gasteiger partial charge < -0.3 is 9.84 Å². The monoisotopic (exact) mass is 384 g/mol. The quantitative estimate of drug-likeness (QED) is 0.848. The van der Waals surface area contributed by atoms with Crippen LogP contribution in [0.15, 0.2) is 48.7 Å². The molecular weight excluding hydrogens is 355 g/mol. The zero-order valence-electron chi connectivity index (χ0n) is 16.3. The van der Waals surface area contributed by atoms with Crippen LogP contribution in [0.3, 0.4) is 0 Å². The van der Waals surface area contributed by atoms with Crippen LogP contribution >= 0.6 is 0 Å². The lowest BCUT2D eigenvalue weighted by atomic mass is 9.62. The van der Waals surface area contributed by atoms with Crippen molar-refractivity contribution in [1.82, 2.24) is 9.88 Å². The summed E-state index contributed by atoms with van der Waals surface area (Å²) in [6.45, 7) is 4.27. The van der Waals surface area contributed by atoms with E-state index in [4.69, 9.17) is 4.74 Å². The first-order chi connectivity index (χ1) is 13.7. The molecule has 2 aromatic rings. The summed E-state index contributed by atoms with van der Waals surface area (Å²) in [4.78, 5) is 6.87. The molecule has 3 heterocycles. The molecule has 0 radical (unpaired) electrons. The van der Waals surface area contributed by atoms with Gasteiger partial charge >= 0.3 is 0 Å². The van der Waals surface area contributed by atoms with E-state index in [9.17, 15) is 9.50 Å². The highest BCUT2D eigenvalue weighted by atomic mass is 19.1. The number of aromatic nitrogens is 1. The highest BCUT2D eigenvalue weighted by molar-refractivity contribution is 5.16. The Bertz CT molecular complexity index is 739. The van der Waals surface area contributed by atoms with Crippen molar-refractivity contribution in [2.75, 3.05) is 26.3 Å². The number of likely N-dealkylation sites (tertiary alicyclic amines) is 1. The molecule has 150 valence electrons. The Hall–Kier alpha value is -1.82. The van der Waals surface area contributed by atoms with Crippen LogP contribution in [-0.4, -0.2) is 41.3 Å². The lowest BCUT2D eigenvalue weighted by Gasteiger charge is -2.49. The molecule has 1 unspecified atom stereocenters. The van der Waals surface area contributed by atoms with Crippen LogP contribution in [0.1, 0.15) is 43.0 Å². The number of hydrogen-bond donors (Lipinski definition) is 1. The smallest absolute Gasteiger partial charge is 0.123 e. The number of pyridine rings is 1. The second kappa shape index (κ2) is 8.68. The van der Waals surface area contributed by atoms with E-state index in [2.05, 4.69) is 9.88 Å². The maximum atomic E-state index is 13.1. The van der Waals surface area contributed by atoms with Gasteiger partial charge in [-0.1, -0.05) is 18.2 Å². The number of benzene rings is 1. The van der Waals surface area contributed by atoms with Crippen LogP contribution in [0, 0.1) is 17.2 Å². The summed E-state index contributed by atoms with van der Waals surface area (Å²) in [5, 5.41) is 11.3. The van der Waals surface area contributed by atoms with E-state index in [1.54, 1.807) is 6.20 Å². The molecule has 4 rings (SSSR count). The van der Waals surface area contributed by atoms with Crippen LogP contribution in [0.5, 0.6) is 0 Å². The third kappa shape index (κ3) is 4.12. The Balaban J connectivity index is 1.44. The molecule has 5 heteroatoms. The van der Waals surface area contributed by atoms with Crippen molar-refractivity contribution >= 4 is 0 Å². The van der Waals surface area contributed by atoms with Crippen molar-refractivity contribution in [3.63, 3.8) is 0 Å². The highest BCUT2D eigenvalue weighted by Gasteiger charge is 2.47. The van der Waals surface area contributed by atoms with Crippen molar-refractivity contribution in [1.29, 1.82) is 0 Å². The first-order valence-electron chi connectivity index (χ1n) is 10.3. The largest absolute Gasteiger partial charge is 0.386 e. The summed E-state index contributed by atoms with van der Waals surface area (Å²) >= 11 is 0. The van der Waals surface area contributed by atoms with Gasteiger partial charge in [0.25, 0.3) is 0 Å². The van der Waals surface area contributed by atoms with Crippen LogP contribution in [0.2, 0.25) is 0 Å². The zero-order chi connectivity index (χ0) is 19.4. The molecule has 1 aromatic carbocycles. The van der Waals surface area contributed by atoms with Crippen LogP contribution < -0.4 is 0 Å². The summed E-state index contributed by atoms with van der Waals surface area (Å²) in [5.74, 6) is 0.269. The number of piperidine rings is 1. The molecule has 0 saturated carbocycles. The van der Waals surface area contributed by atoms with E-state index < -0.39 is 6.10 Å². The van der Waals surface area contributed by atoms with Crippen LogP contribution in [0.25, 0.3) is 0 Å². The molecule has 2 fully saturated rings. The van der Waals surface area contributed by atoms with Crippen molar-refractivity contribution in [3.05, 3.63) is 65.7 Å². The van der Waals surface area contributed by atoms with Gasteiger partial charge in [0.1, 0.15) is 11.9 Å². The fourth-order valence-electron chi connectivity index (χ4n) is 5.00. The third-order valence-corrected chi connectivity index (χ3v) is 6.66. The van der Waals surface area contributed by atoms with E-state index in [0.29, 0.717) is 19.1 Å². The van der Waals surface area contributed by atoms with Crippen molar-refractivity contribution in [3.8, 4) is 0 Å². The average Bonchev–Trinajstić information content (AvgIpc) is 2.76. The topological polar surface area (TPSA) is 45.6 Å². The molecule has 28 heavy (non-hydrogen) atoms. The first kappa shape index (κ1) is 19.5. The number of aliphatic hydroxyl groups excluding tert-OH is 1. The molecule has 0 spiro atoms. The minimum Gasteiger partial charge on any atom is -0.386 e. The van der Waals surface area contributed by atoms with Gasteiger partial charge in [-0.05, 0) is 74.5 Å². The Kier molecular flexibility index (Phi) is 6.04. The average molecular weight is 384 g/mol. The lowest BCUT2D eigenvalue weighted by molar-refractivity contribution is -0.111. The number of ether oxygens (including phenoxy) is 1. The lowest BCUT2D eigenvalue weighted by Crippen LogP contribution is -2.47. The summed E-state index contributed by atoms with van der Waals surface area (Å²) in [7, 11) is 0. The van der Waals surface area contributed by atoms with Gasteiger partial charge in [0.05, 0.1) is 5.69 Å². The number of halogens is 1. The minimum absolute atomic E-state index is 0.158. The Morgan fingerprint density at radius 3 is 2.46 bits per heavy atom. The van der Waals surface area contributed by atoms with Gasteiger partial charge in [0.2, 0.25) is 0 Å². The van der Waals surface area contributed by atoms with Gasteiger partial charge in [-0.15, -0.1) is 0 Å².